The molecule has 0 unspecified atom stereocenters. The van der Waals surface area contributed by atoms with Crippen molar-refractivity contribution in [3.05, 3.63) is 70.5 Å². The van der Waals surface area contributed by atoms with Crippen LogP contribution in [-0.4, -0.2) is 5.78 Å². The number of hydrogen-bond donors (Lipinski definition) is 0. The van der Waals surface area contributed by atoms with Crippen LogP contribution >= 0.6 is 0 Å². The maximum Gasteiger partial charge on any atom is 0.167 e. The summed E-state index contributed by atoms with van der Waals surface area (Å²) in [6, 6.07) is 12.2. The van der Waals surface area contributed by atoms with Gasteiger partial charge in [-0.2, -0.15) is 0 Å². The molecule has 2 heteroatoms. The summed E-state index contributed by atoms with van der Waals surface area (Å²) in [5, 5.41) is 0. The first-order chi connectivity index (χ1) is 9.11. The Morgan fingerprint density at radius 3 is 2.53 bits per heavy atom. The van der Waals surface area contributed by atoms with Crippen LogP contribution < -0.4 is 0 Å². The monoisotopic (exact) mass is 256 g/mol. The Morgan fingerprint density at radius 2 is 1.84 bits per heavy atom. The fourth-order valence-corrected chi connectivity index (χ4v) is 2.23. The molecular formula is C17H17FO. The number of rotatable bonds is 4. The predicted molar refractivity (Wildman–Crippen MR) is 75.0 cm³/mol. The lowest BCUT2D eigenvalue weighted by Crippen LogP contribution is -2.08. The number of hydrogen-bond acceptors (Lipinski definition) is 1. The van der Waals surface area contributed by atoms with Gasteiger partial charge in [0.15, 0.2) is 5.78 Å². The second kappa shape index (κ2) is 5.79. The summed E-state index contributed by atoms with van der Waals surface area (Å²) in [6.07, 6.45) is 1.16. The molecule has 0 fully saturated rings. The van der Waals surface area contributed by atoms with Crippen LogP contribution in [0.3, 0.4) is 0 Å². The molecule has 0 heterocycles. The average Bonchev–Trinajstić information content (AvgIpc) is 2.41. The van der Waals surface area contributed by atoms with E-state index in [1.54, 1.807) is 6.07 Å². The van der Waals surface area contributed by atoms with Crippen molar-refractivity contribution in [3.63, 3.8) is 0 Å². The molecule has 19 heavy (non-hydrogen) atoms. The van der Waals surface area contributed by atoms with Crippen molar-refractivity contribution in [2.75, 3.05) is 0 Å². The maximum atomic E-state index is 13.0. The molecule has 0 atom stereocenters. The highest BCUT2D eigenvalue weighted by atomic mass is 19.1. The molecule has 0 amide bonds. The molecule has 0 aliphatic heterocycles. The van der Waals surface area contributed by atoms with Crippen molar-refractivity contribution < 1.29 is 9.18 Å². The van der Waals surface area contributed by atoms with Gasteiger partial charge < -0.3 is 0 Å². The zero-order chi connectivity index (χ0) is 13.8. The second-order valence-corrected chi connectivity index (χ2v) is 4.68. The number of ketones is 1. The van der Waals surface area contributed by atoms with E-state index >= 15 is 0 Å². The molecule has 2 aromatic rings. The summed E-state index contributed by atoms with van der Waals surface area (Å²) in [6.45, 7) is 3.87. The van der Waals surface area contributed by atoms with E-state index < -0.39 is 0 Å². The Kier molecular flexibility index (Phi) is 4.10. The van der Waals surface area contributed by atoms with E-state index in [0.29, 0.717) is 6.42 Å². The molecule has 1 nitrogen and oxygen atoms in total. The second-order valence-electron chi connectivity index (χ2n) is 4.68. The minimum absolute atomic E-state index is 0.0900. The lowest BCUT2D eigenvalue weighted by atomic mass is 9.95. The van der Waals surface area contributed by atoms with Crippen molar-refractivity contribution >= 4 is 5.78 Å². The van der Waals surface area contributed by atoms with Crippen LogP contribution in [-0.2, 0) is 12.8 Å². The van der Waals surface area contributed by atoms with Gasteiger partial charge in [0.2, 0.25) is 0 Å². The minimum atomic E-state index is -0.261. The molecular weight excluding hydrogens is 239 g/mol. The Labute approximate surface area is 113 Å². The standard InChI is InChI=1S/C17H17FO/c1-3-13-6-4-5-7-16(13)17(19)11-14-8-9-15(18)10-12(14)2/h4-10H,3,11H2,1-2H3. The largest absolute Gasteiger partial charge is 0.294 e. The molecule has 0 aliphatic rings. The molecule has 2 aromatic carbocycles. The van der Waals surface area contributed by atoms with Gasteiger partial charge in [0.1, 0.15) is 5.82 Å². The minimum Gasteiger partial charge on any atom is -0.294 e. The number of carbonyl (C=O) groups is 1. The highest BCUT2D eigenvalue weighted by Gasteiger charge is 2.12. The van der Waals surface area contributed by atoms with E-state index in [0.717, 1.165) is 28.7 Å². The number of benzene rings is 2. The average molecular weight is 256 g/mol. The summed E-state index contributed by atoms with van der Waals surface area (Å²) in [7, 11) is 0. The number of Topliss-reactive ketones (excluding diaryl/α,β-unsaturated/α-hetero) is 1. The van der Waals surface area contributed by atoms with E-state index in [9.17, 15) is 9.18 Å². The lowest BCUT2D eigenvalue weighted by Gasteiger charge is -2.08. The van der Waals surface area contributed by atoms with Gasteiger partial charge in [0.25, 0.3) is 0 Å². The molecule has 0 radical (unpaired) electrons. The highest BCUT2D eigenvalue weighted by molar-refractivity contribution is 5.99. The third kappa shape index (κ3) is 3.08. The van der Waals surface area contributed by atoms with Crippen molar-refractivity contribution in [1.29, 1.82) is 0 Å². The number of carbonyl (C=O) groups excluding carboxylic acids is 1. The molecule has 0 aliphatic carbocycles. The first-order valence-corrected chi connectivity index (χ1v) is 6.48. The fraction of sp³-hybridized carbons (Fsp3) is 0.235. The molecule has 0 saturated carbocycles. The van der Waals surface area contributed by atoms with Gasteiger partial charge in [-0.25, -0.2) is 4.39 Å². The van der Waals surface area contributed by atoms with Crippen LogP contribution in [0.15, 0.2) is 42.5 Å². The van der Waals surface area contributed by atoms with E-state index in [1.165, 1.54) is 12.1 Å². The Hall–Kier alpha value is -1.96. The third-order valence-electron chi connectivity index (χ3n) is 3.35. The number of halogens is 1. The van der Waals surface area contributed by atoms with Crippen LogP contribution in [0.2, 0.25) is 0 Å². The maximum absolute atomic E-state index is 13.0. The normalized spacial score (nSPS) is 10.5. The first-order valence-electron chi connectivity index (χ1n) is 6.48. The Bertz CT molecular complexity index is 602. The van der Waals surface area contributed by atoms with Crippen LogP contribution in [0.1, 0.15) is 34.0 Å². The van der Waals surface area contributed by atoms with Gasteiger partial charge in [0, 0.05) is 12.0 Å². The molecule has 0 bridgehead atoms. The van der Waals surface area contributed by atoms with Crippen LogP contribution in [0.4, 0.5) is 4.39 Å². The van der Waals surface area contributed by atoms with Crippen LogP contribution in [0.25, 0.3) is 0 Å². The zero-order valence-corrected chi connectivity index (χ0v) is 11.2. The van der Waals surface area contributed by atoms with E-state index in [2.05, 4.69) is 0 Å². The predicted octanol–water partition coefficient (Wildman–Crippen LogP) is 4.12. The van der Waals surface area contributed by atoms with Gasteiger partial charge in [-0.1, -0.05) is 37.3 Å². The molecule has 0 spiro atoms. The smallest absolute Gasteiger partial charge is 0.167 e. The van der Waals surface area contributed by atoms with E-state index in [4.69, 9.17) is 0 Å². The van der Waals surface area contributed by atoms with Gasteiger partial charge in [0.05, 0.1) is 0 Å². The SMILES string of the molecule is CCc1ccccc1C(=O)Cc1ccc(F)cc1C. The van der Waals surface area contributed by atoms with Gasteiger partial charge in [-0.3, -0.25) is 4.79 Å². The molecule has 0 N–H and O–H groups in total. The molecule has 2 rings (SSSR count). The van der Waals surface area contributed by atoms with Gasteiger partial charge in [-0.05, 0) is 42.2 Å². The molecule has 98 valence electrons. The van der Waals surface area contributed by atoms with Crippen molar-refractivity contribution in [1.82, 2.24) is 0 Å². The zero-order valence-electron chi connectivity index (χ0n) is 11.2. The summed E-state index contributed by atoms with van der Waals surface area (Å²) in [5.74, 6) is -0.171. The topological polar surface area (TPSA) is 17.1 Å². The Balaban J connectivity index is 2.26. The summed E-state index contributed by atoms with van der Waals surface area (Å²) in [4.78, 5) is 12.3. The number of aryl methyl sites for hydroxylation is 2. The van der Waals surface area contributed by atoms with Crippen LogP contribution in [0, 0.1) is 12.7 Å². The summed E-state index contributed by atoms with van der Waals surface area (Å²) >= 11 is 0. The van der Waals surface area contributed by atoms with Gasteiger partial charge >= 0.3 is 0 Å². The van der Waals surface area contributed by atoms with Gasteiger partial charge in [-0.15, -0.1) is 0 Å². The summed E-state index contributed by atoms with van der Waals surface area (Å²) < 4.78 is 13.0. The molecule has 0 saturated heterocycles. The van der Waals surface area contributed by atoms with E-state index in [1.807, 2.05) is 38.1 Å². The van der Waals surface area contributed by atoms with Crippen molar-refractivity contribution in [2.24, 2.45) is 0 Å². The van der Waals surface area contributed by atoms with Crippen molar-refractivity contribution in [2.45, 2.75) is 26.7 Å². The quantitative estimate of drug-likeness (QED) is 0.752. The Morgan fingerprint density at radius 1 is 1.11 bits per heavy atom. The van der Waals surface area contributed by atoms with E-state index in [-0.39, 0.29) is 11.6 Å². The third-order valence-corrected chi connectivity index (χ3v) is 3.35. The van der Waals surface area contributed by atoms with Crippen LogP contribution in [0.5, 0.6) is 0 Å². The highest BCUT2D eigenvalue weighted by Crippen LogP contribution is 2.16. The fourth-order valence-electron chi connectivity index (χ4n) is 2.23. The first kappa shape index (κ1) is 13.5. The van der Waals surface area contributed by atoms with Crippen molar-refractivity contribution in [3.8, 4) is 0 Å². The molecule has 0 aromatic heterocycles. The summed E-state index contributed by atoms with van der Waals surface area (Å²) in [5.41, 5.74) is 3.54. The lowest BCUT2D eigenvalue weighted by molar-refractivity contribution is 0.0992.